The summed E-state index contributed by atoms with van der Waals surface area (Å²) in [6.45, 7) is 5.40. The number of hydrogen-bond donors (Lipinski definition) is 3. The number of thiophene rings is 1. The van der Waals surface area contributed by atoms with Crippen molar-refractivity contribution in [3.05, 3.63) is 46.5 Å². The molecule has 0 spiro atoms. The van der Waals surface area contributed by atoms with Gasteiger partial charge in [0.15, 0.2) is 5.96 Å². The van der Waals surface area contributed by atoms with Gasteiger partial charge in [-0.05, 0) is 51.5 Å². The van der Waals surface area contributed by atoms with Crippen molar-refractivity contribution >= 4 is 41.3 Å². The van der Waals surface area contributed by atoms with Gasteiger partial charge in [-0.15, -0.1) is 35.3 Å². The van der Waals surface area contributed by atoms with Gasteiger partial charge in [0.2, 0.25) is 0 Å². The summed E-state index contributed by atoms with van der Waals surface area (Å²) in [5, 5.41) is 19.2. The summed E-state index contributed by atoms with van der Waals surface area (Å²) in [7, 11) is 4.13. The van der Waals surface area contributed by atoms with Gasteiger partial charge >= 0.3 is 0 Å². The Kier molecular flexibility index (Phi) is 9.62. The lowest BCUT2D eigenvalue weighted by Crippen LogP contribution is -2.42. The molecular weight excluding hydrogens is 463 g/mol. The van der Waals surface area contributed by atoms with E-state index in [1.165, 1.54) is 4.88 Å². The van der Waals surface area contributed by atoms with Crippen molar-refractivity contribution in [2.75, 3.05) is 33.7 Å². The summed E-state index contributed by atoms with van der Waals surface area (Å²) in [6, 6.07) is 7.99. The van der Waals surface area contributed by atoms with Crippen LogP contribution in [0.15, 0.2) is 45.3 Å². The number of nitrogens with one attached hydrogen (secondary N) is 2. The van der Waals surface area contributed by atoms with Gasteiger partial charge in [0.05, 0.1) is 18.8 Å². The Labute approximate surface area is 176 Å². The predicted molar refractivity (Wildman–Crippen MR) is 118 cm³/mol. The topological polar surface area (TPSA) is 73.0 Å². The highest BCUT2D eigenvalue weighted by atomic mass is 127. The minimum Gasteiger partial charge on any atom is -0.466 e. The third kappa shape index (κ3) is 6.57. The van der Waals surface area contributed by atoms with Crippen LogP contribution in [-0.4, -0.2) is 49.7 Å². The maximum Gasteiger partial charge on any atom is 0.191 e. The second kappa shape index (κ2) is 10.9. The molecule has 3 N–H and O–H groups in total. The molecule has 2 aromatic rings. The maximum absolute atomic E-state index is 10.5. The van der Waals surface area contributed by atoms with Gasteiger partial charge in [-0.3, -0.25) is 0 Å². The molecule has 0 saturated carbocycles. The fraction of sp³-hybridized carbons (Fsp3) is 0.500. The molecule has 0 fully saturated rings. The highest BCUT2D eigenvalue weighted by molar-refractivity contribution is 14.0. The zero-order valence-electron chi connectivity index (χ0n) is 15.7. The van der Waals surface area contributed by atoms with Crippen LogP contribution in [0.3, 0.4) is 0 Å². The van der Waals surface area contributed by atoms with Gasteiger partial charge in [-0.2, -0.15) is 0 Å². The molecule has 0 bridgehead atoms. The van der Waals surface area contributed by atoms with E-state index in [0.717, 1.165) is 13.1 Å². The average Bonchev–Trinajstić information content (AvgIpc) is 3.26. The standard InChI is InChI=1S/C18H28N4O2S.HI/c1-5-19-17(21-13-18(2,23)16-9-6-10-24-16)20-12-14(22(3)4)15-8-7-11-25-15;/h6-11,14,23H,5,12-13H2,1-4H3,(H2,19,20,21);1H. The van der Waals surface area contributed by atoms with Crippen LogP contribution >= 0.6 is 35.3 Å². The van der Waals surface area contributed by atoms with Crippen molar-refractivity contribution in [2.24, 2.45) is 4.99 Å². The van der Waals surface area contributed by atoms with Crippen LogP contribution in [0.2, 0.25) is 0 Å². The molecule has 2 atom stereocenters. The molecule has 146 valence electrons. The van der Waals surface area contributed by atoms with Crippen molar-refractivity contribution in [2.45, 2.75) is 25.5 Å². The Morgan fingerprint density at radius 3 is 2.65 bits per heavy atom. The maximum atomic E-state index is 10.5. The van der Waals surface area contributed by atoms with Gasteiger partial charge in [-0.1, -0.05) is 6.07 Å². The average molecular weight is 492 g/mol. The van der Waals surface area contributed by atoms with Crippen molar-refractivity contribution in [3.63, 3.8) is 0 Å². The zero-order chi connectivity index (χ0) is 18.3. The normalized spacial score (nSPS) is 15.2. The molecule has 2 aromatic heterocycles. The van der Waals surface area contributed by atoms with E-state index in [4.69, 9.17) is 4.42 Å². The summed E-state index contributed by atoms with van der Waals surface area (Å²) < 4.78 is 5.30. The van der Waals surface area contributed by atoms with E-state index in [0.29, 0.717) is 11.7 Å². The van der Waals surface area contributed by atoms with Crippen molar-refractivity contribution in [3.8, 4) is 0 Å². The summed E-state index contributed by atoms with van der Waals surface area (Å²) in [4.78, 5) is 8.01. The Balaban J connectivity index is 0.00000338. The number of aliphatic imine (C=N–C) groups is 1. The Hall–Kier alpha value is -1.10. The van der Waals surface area contributed by atoms with Crippen LogP contribution in [0, 0.1) is 0 Å². The third-order valence-corrected chi connectivity index (χ3v) is 4.87. The molecule has 0 aliphatic carbocycles. The van der Waals surface area contributed by atoms with Gasteiger partial charge < -0.3 is 25.1 Å². The third-order valence-electron chi connectivity index (χ3n) is 3.90. The Morgan fingerprint density at radius 1 is 1.35 bits per heavy atom. The molecule has 0 saturated heterocycles. The molecule has 0 amide bonds. The number of aliphatic hydroxyl groups is 1. The summed E-state index contributed by atoms with van der Waals surface area (Å²) >= 11 is 1.75. The highest BCUT2D eigenvalue weighted by Crippen LogP contribution is 2.23. The lowest BCUT2D eigenvalue weighted by atomic mass is 10.0. The van der Waals surface area contributed by atoms with E-state index in [1.807, 2.05) is 6.92 Å². The molecule has 2 unspecified atom stereocenters. The fourth-order valence-corrected chi connectivity index (χ4v) is 3.37. The first kappa shape index (κ1) is 22.9. The largest absolute Gasteiger partial charge is 0.466 e. The van der Waals surface area contributed by atoms with Gasteiger partial charge in [0, 0.05) is 18.0 Å². The second-order valence-electron chi connectivity index (χ2n) is 6.32. The molecule has 26 heavy (non-hydrogen) atoms. The lowest BCUT2D eigenvalue weighted by Gasteiger charge is -2.25. The highest BCUT2D eigenvalue weighted by Gasteiger charge is 2.26. The van der Waals surface area contributed by atoms with Crippen LogP contribution in [-0.2, 0) is 5.60 Å². The smallest absolute Gasteiger partial charge is 0.191 e. The van der Waals surface area contributed by atoms with E-state index in [2.05, 4.69) is 52.1 Å². The SMILES string of the molecule is CCNC(=NCC(C)(O)c1ccco1)NCC(c1cccs1)N(C)C.I. The Morgan fingerprint density at radius 2 is 2.12 bits per heavy atom. The molecule has 0 radical (unpaired) electrons. The molecule has 2 heterocycles. The number of halogens is 1. The van der Waals surface area contributed by atoms with E-state index < -0.39 is 5.60 Å². The number of furan rings is 1. The summed E-state index contributed by atoms with van der Waals surface area (Å²) in [5.41, 5.74) is -1.14. The minimum atomic E-state index is -1.14. The monoisotopic (exact) mass is 492 g/mol. The second-order valence-corrected chi connectivity index (χ2v) is 7.30. The van der Waals surface area contributed by atoms with Gasteiger partial charge in [0.1, 0.15) is 11.4 Å². The first-order valence-electron chi connectivity index (χ1n) is 8.42. The van der Waals surface area contributed by atoms with E-state index in [1.54, 1.807) is 36.7 Å². The number of rotatable bonds is 8. The van der Waals surface area contributed by atoms with E-state index >= 15 is 0 Å². The Bertz CT molecular complexity index is 642. The molecule has 0 aromatic carbocycles. The number of guanidine groups is 1. The number of likely N-dealkylation sites (N-methyl/N-ethyl adjacent to an activating group) is 1. The van der Waals surface area contributed by atoms with Crippen LogP contribution in [0.4, 0.5) is 0 Å². The predicted octanol–water partition coefficient (Wildman–Crippen LogP) is 3.02. The quantitative estimate of drug-likeness (QED) is 0.300. The van der Waals surface area contributed by atoms with E-state index in [9.17, 15) is 5.11 Å². The summed E-state index contributed by atoms with van der Waals surface area (Å²) in [5.74, 6) is 1.19. The van der Waals surface area contributed by atoms with Crippen LogP contribution < -0.4 is 10.6 Å². The molecule has 2 rings (SSSR count). The van der Waals surface area contributed by atoms with Gasteiger partial charge in [0.25, 0.3) is 0 Å². The number of hydrogen-bond acceptors (Lipinski definition) is 5. The molecule has 0 aliphatic rings. The lowest BCUT2D eigenvalue weighted by molar-refractivity contribution is 0.0437. The van der Waals surface area contributed by atoms with Crippen LogP contribution in [0.5, 0.6) is 0 Å². The molecule has 6 nitrogen and oxygen atoms in total. The minimum absolute atomic E-state index is 0. The van der Waals surface area contributed by atoms with Crippen molar-refractivity contribution in [1.82, 2.24) is 15.5 Å². The molecular formula is C18H29IN4O2S. The van der Waals surface area contributed by atoms with Gasteiger partial charge in [-0.25, -0.2) is 4.99 Å². The van der Waals surface area contributed by atoms with E-state index in [-0.39, 0.29) is 36.6 Å². The van der Waals surface area contributed by atoms with Crippen LogP contribution in [0.1, 0.15) is 30.5 Å². The molecule has 8 heteroatoms. The first-order valence-corrected chi connectivity index (χ1v) is 9.30. The van der Waals surface area contributed by atoms with Crippen molar-refractivity contribution in [1.29, 1.82) is 0 Å². The zero-order valence-corrected chi connectivity index (χ0v) is 18.9. The van der Waals surface area contributed by atoms with Crippen molar-refractivity contribution < 1.29 is 9.52 Å². The van der Waals surface area contributed by atoms with Crippen LogP contribution in [0.25, 0.3) is 0 Å². The fourth-order valence-electron chi connectivity index (χ4n) is 2.45. The molecule has 0 aliphatic heterocycles. The first-order chi connectivity index (χ1) is 11.9. The number of nitrogens with zero attached hydrogens (tertiary/aromatic N) is 2. The summed E-state index contributed by atoms with van der Waals surface area (Å²) in [6.07, 6.45) is 1.56.